The first kappa shape index (κ1) is 14.2. The average Bonchev–Trinajstić information content (AvgIpc) is 2.53. The minimum atomic E-state index is -1.74. The zero-order chi connectivity index (χ0) is 14.5. The van der Waals surface area contributed by atoms with Crippen LogP contribution in [-0.2, 0) is 0 Å². The second-order valence-electron chi connectivity index (χ2n) is 4.35. The van der Waals surface area contributed by atoms with Crippen molar-refractivity contribution in [2.45, 2.75) is 12.3 Å². The topological polar surface area (TPSA) is 46.5 Å². The number of aliphatic hydroxyl groups excluding tert-OH is 1. The molecule has 2 rings (SSSR count). The Balaban J connectivity index is 2.15. The normalized spacial score (nSPS) is 13.6. The number of aliphatic hydroxyl groups is 1. The van der Waals surface area contributed by atoms with Gasteiger partial charge in [0.2, 0.25) is 0 Å². The SMILES string of the molecule is COc1ccc(C(=O)[C@H](O)[C@H](F)c2ccccc2)cc1. The van der Waals surface area contributed by atoms with Gasteiger partial charge in [0.15, 0.2) is 18.1 Å². The lowest BCUT2D eigenvalue weighted by Crippen LogP contribution is -2.25. The summed E-state index contributed by atoms with van der Waals surface area (Å²) in [6.07, 6.45) is -3.46. The number of halogens is 1. The highest BCUT2D eigenvalue weighted by Crippen LogP contribution is 2.24. The Labute approximate surface area is 116 Å². The van der Waals surface area contributed by atoms with Gasteiger partial charge in [-0.25, -0.2) is 4.39 Å². The largest absolute Gasteiger partial charge is 0.497 e. The van der Waals surface area contributed by atoms with Crippen molar-refractivity contribution in [1.82, 2.24) is 0 Å². The number of methoxy groups -OCH3 is 1. The zero-order valence-electron chi connectivity index (χ0n) is 11.0. The van der Waals surface area contributed by atoms with Crippen molar-refractivity contribution in [2.75, 3.05) is 7.11 Å². The highest BCUT2D eigenvalue weighted by atomic mass is 19.1. The number of ether oxygens (including phenoxy) is 1. The minimum absolute atomic E-state index is 0.247. The fourth-order valence-corrected chi connectivity index (χ4v) is 1.88. The van der Waals surface area contributed by atoms with Crippen molar-refractivity contribution in [1.29, 1.82) is 0 Å². The molecular formula is C16H15FO3. The summed E-state index contributed by atoms with van der Waals surface area (Å²) in [7, 11) is 1.51. The summed E-state index contributed by atoms with van der Waals surface area (Å²) in [6, 6.07) is 14.3. The van der Waals surface area contributed by atoms with Gasteiger partial charge in [0.1, 0.15) is 5.75 Å². The van der Waals surface area contributed by atoms with Crippen LogP contribution in [0, 0.1) is 0 Å². The number of ketones is 1. The van der Waals surface area contributed by atoms with Gasteiger partial charge in [0, 0.05) is 5.56 Å². The van der Waals surface area contributed by atoms with E-state index in [1.54, 1.807) is 30.3 Å². The summed E-state index contributed by atoms with van der Waals surface area (Å²) < 4.78 is 19.1. The Morgan fingerprint density at radius 1 is 1.10 bits per heavy atom. The van der Waals surface area contributed by atoms with E-state index >= 15 is 0 Å². The molecule has 0 radical (unpaired) electrons. The molecule has 0 bridgehead atoms. The first-order chi connectivity index (χ1) is 9.63. The van der Waals surface area contributed by atoms with Gasteiger partial charge in [-0.1, -0.05) is 30.3 Å². The standard InChI is InChI=1S/C16H15FO3/c1-20-13-9-7-12(8-10-13)15(18)16(19)14(17)11-5-3-2-4-6-11/h2-10,14,16,19H,1H3/t14-,16-/m1/s1. The van der Waals surface area contributed by atoms with Gasteiger partial charge in [-0.05, 0) is 29.8 Å². The molecule has 0 spiro atoms. The first-order valence-corrected chi connectivity index (χ1v) is 6.19. The first-order valence-electron chi connectivity index (χ1n) is 6.19. The van der Waals surface area contributed by atoms with E-state index in [2.05, 4.69) is 0 Å². The number of rotatable bonds is 5. The van der Waals surface area contributed by atoms with E-state index in [1.165, 1.54) is 31.4 Å². The van der Waals surface area contributed by atoms with Crippen LogP contribution in [0.5, 0.6) is 5.75 Å². The van der Waals surface area contributed by atoms with Gasteiger partial charge in [0.05, 0.1) is 7.11 Å². The van der Waals surface area contributed by atoms with E-state index in [9.17, 15) is 14.3 Å². The highest BCUT2D eigenvalue weighted by Gasteiger charge is 2.28. The predicted octanol–water partition coefficient (Wildman–Crippen LogP) is 2.95. The number of Topliss-reactive ketones (excluding diaryl/α,β-unsaturated/α-hetero) is 1. The minimum Gasteiger partial charge on any atom is -0.497 e. The van der Waals surface area contributed by atoms with Crippen LogP contribution in [0.3, 0.4) is 0 Å². The maximum atomic E-state index is 14.1. The highest BCUT2D eigenvalue weighted by molar-refractivity contribution is 5.99. The van der Waals surface area contributed by atoms with Crippen molar-refractivity contribution < 1.29 is 19.0 Å². The molecular weight excluding hydrogens is 259 g/mol. The molecule has 0 fully saturated rings. The fourth-order valence-electron chi connectivity index (χ4n) is 1.88. The van der Waals surface area contributed by atoms with Gasteiger partial charge < -0.3 is 9.84 Å². The number of hydrogen-bond acceptors (Lipinski definition) is 3. The third kappa shape index (κ3) is 3.03. The maximum absolute atomic E-state index is 14.1. The third-order valence-electron chi connectivity index (χ3n) is 3.04. The van der Waals surface area contributed by atoms with Gasteiger partial charge in [-0.2, -0.15) is 0 Å². The van der Waals surface area contributed by atoms with E-state index in [4.69, 9.17) is 4.74 Å². The van der Waals surface area contributed by atoms with Gasteiger partial charge >= 0.3 is 0 Å². The van der Waals surface area contributed by atoms with Crippen LogP contribution in [0.2, 0.25) is 0 Å². The van der Waals surface area contributed by atoms with E-state index in [0.717, 1.165) is 0 Å². The van der Waals surface area contributed by atoms with Crippen molar-refractivity contribution in [3.63, 3.8) is 0 Å². The van der Waals surface area contributed by atoms with Crippen LogP contribution in [0.25, 0.3) is 0 Å². The number of benzene rings is 2. The van der Waals surface area contributed by atoms with Crippen molar-refractivity contribution in [2.24, 2.45) is 0 Å². The zero-order valence-corrected chi connectivity index (χ0v) is 11.0. The maximum Gasteiger partial charge on any atom is 0.194 e. The molecule has 2 aromatic carbocycles. The van der Waals surface area contributed by atoms with Gasteiger partial charge in [0.25, 0.3) is 0 Å². The molecule has 20 heavy (non-hydrogen) atoms. The van der Waals surface area contributed by atoms with Gasteiger partial charge in [-0.15, -0.1) is 0 Å². The molecule has 2 atom stereocenters. The Morgan fingerprint density at radius 2 is 1.70 bits per heavy atom. The summed E-state index contributed by atoms with van der Waals surface area (Å²) in [5, 5.41) is 9.86. The lowest BCUT2D eigenvalue weighted by atomic mass is 9.98. The molecule has 2 aromatic rings. The molecule has 0 amide bonds. The average molecular weight is 274 g/mol. The Morgan fingerprint density at radius 3 is 2.25 bits per heavy atom. The molecule has 0 unspecified atom stereocenters. The molecule has 0 aliphatic heterocycles. The second-order valence-corrected chi connectivity index (χ2v) is 4.35. The Bertz CT molecular complexity index is 566. The molecule has 0 heterocycles. The van der Waals surface area contributed by atoms with Crippen molar-refractivity contribution in [3.8, 4) is 5.75 Å². The Hall–Kier alpha value is -2.20. The summed E-state index contributed by atoms with van der Waals surface area (Å²) in [6.45, 7) is 0. The number of carbonyl (C=O) groups is 1. The van der Waals surface area contributed by atoms with Crippen LogP contribution in [0.15, 0.2) is 54.6 Å². The van der Waals surface area contributed by atoms with Crippen LogP contribution in [-0.4, -0.2) is 24.1 Å². The lowest BCUT2D eigenvalue weighted by Gasteiger charge is -2.15. The van der Waals surface area contributed by atoms with Crippen molar-refractivity contribution in [3.05, 3.63) is 65.7 Å². The quantitative estimate of drug-likeness (QED) is 0.853. The second kappa shape index (κ2) is 6.30. The van der Waals surface area contributed by atoms with Crippen LogP contribution in [0.4, 0.5) is 4.39 Å². The molecule has 0 aliphatic rings. The molecule has 0 aliphatic carbocycles. The van der Waals surface area contributed by atoms with Gasteiger partial charge in [-0.3, -0.25) is 4.79 Å². The van der Waals surface area contributed by atoms with E-state index in [0.29, 0.717) is 5.75 Å². The predicted molar refractivity (Wildman–Crippen MR) is 73.6 cm³/mol. The number of hydrogen-bond donors (Lipinski definition) is 1. The van der Waals surface area contributed by atoms with Crippen LogP contribution >= 0.6 is 0 Å². The molecule has 0 saturated carbocycles. The monoisotopic (exact) mass is 274 g/mol. The van der Waals surface area contributed by atoms with Crippen LogP contribution in [0.1, 0.15) is 22.1 Å². The smallest absolute Gasteiger partial charge is 0.194 e. The van der Waals surface area contributed by atoms with E-state index in [1.807, 2.05) is 0 Å². The summed E-state index contributed by atoms with van der Waals surface area (Å²) in [5.41, 5.74) is 0.527. The molecule has 1 N–H and O–H groups in total. The lowest BCUT2D eigenvalue weighted by molar-refractivity contribution is 0.0511. The summed E-state index contributed by atoms with van der Waals surface area (Å²) in [5.74, 6) is -0.0556. The summed E-state index contributed by atoms with van der Waals surface area (Å²) >= 11 is 0. The van der Waals surface area contributed by atoms with E-state index in [-0.39, 0.29) is 11.1 Å². The molecule has 3 nitrogen and oxygen atoms in total. The molecule has 0 saturated heterocycles. The third-order valence-corrected chi connectivity index (χ3v) is 3.04. The van der Waals surface area contributed by atoms with Crippen LogP contribution < -0.4 is 4.74 Å². The molecule has 4 heteroatoms. The van der Waals surface area contributed by atoms with E-state index < -0.39 is 18.1 Å². The molecule has 0 aromatic heterocycles. The fraction of sp³-hybridized carbons (Fsp3) is 0.188. The summed E-state index contributed by atoms with van der Waals surface area (Å²) in [4.78, 5) is 12.0. The Kier molecular flexibility index (Phi) is 4.48. The molecule has 104 valence electrons. The van der Waals surface area contributed by atoms with Crippen molar-refractivity contribution >= 4 is 5.78 Å². The number of alkyl halides is 1. The number of carbonyl (C=O) groups excluding carboxylic acids is 1.